The molecule has 0 spiro atoms. The molecular formula is C6H4BrClFNO2S. The van der Waals surface area contributed by atoms with Crippen LogP contribution in [0.3, 0.4) is 0 Å². The summed E-state index contributed by atoms with van der Waals surface area (Å²) in [5, 5.41) is 4.50. The number of primary sulfonamides is 1. The van der Waals surface area contributed by atoms with Crippen molar-refractivity contribution in [3.05, 3.63) is 27.4 Å². The molecular weight excluding hydrogens is 284 g/mol. The third kappa shape index (κ3) is 2.40. The second-order valence-electron chi connectivity index (χ2n) is 2.24. The van der Waals surface area contributed by atoms with E-state index in [4.69, 9.17) is 16.7 Å². The molecule has 0 aliphatic carbocycles. The van der Waals surface area contributed by atoms with Gasteiger partial charge in [0.1, 0.15) is 10.7 Å². The third-order valence-corrected chi connectivity index (χ3v) is 3.10. The van der Waals surface area contributed by atoms with Crippen LogP contribution < -0.4 is 5.14 Å². The molecule has 2 N–H and O–H groups in total. The Morgan fingerprint density at radius 3 is 2.38 bits per heavy atom. The van der Waals surface area contributed by atoms with Gasteiger partial charge in [-0.1, -0.05) is 27.5 Å². The zero-order chi connectivity index (χ0) is 10.2. The fraction of sp³-hybridized carbons (Fsp3) is 0. The second kappa shape index (κ2) is 3.53. The van der Waals surface area contributed by atoms with E-state index in [0.29, 0.717) is 4.47 Å². The Hall–Kier alpha value is -0.170. The minimum absolute atomic E-state index is 0.241. The van der Waals surface area contributed by atoms with Crippen LogP contribution in [0.5, 0.6) is 0 Å². The Bertz CT molecular complexity index is 425. The number of benzene rings is 1. The molecule has 13 heavy (non-hydrogen) atoms. The smallest absolute Gasteiger partial charge is 0.224 e. The molecule has 0 fully saturated rings. The molecule has 7 heteroatoms. The van der Waals surface area contributed by atoms with E-state index in [9.17, 15) is 12.8 Å². The maximum atomic E-state index is 13.0. The zero-order valence-electron chi connectivity index (χ0n) is 6.09. The van der Waals surface area contributed by atoms with Crippen LogP contribution in [0.1, 0.15) is 0 Å². The number of sulfonamides is 1. The van der Waals surface area contributed by atoms with Crippen molar-refractivity contribution in [1.29, 1.82) is 0 Å². The van der Waals surface area contributed by atoms with Gasteiger partial charge < -0.3 is 0 Å². The van der Waals surface area contributed by atoms with Crippen LogP contribution in [-0.4, -0.2) is 8.42 Å². The number of hydrogen-bond acceptors (Lipinski definition) is 2. The van der Waals surface area contributed by atoms with Crippen LogP contribution in [-0.2, 0) is 10.0 Å². The molecule has 1 rings (SSSR count). The molecule has 0 bridgehead atoms. The van der Waals surface area contributed by atoms with Crippen LogP contribution in [0.4, 0.5) is 4.39 Å². The molecule has 1 aromatic carbocycles. The van der Waals surface area contributed by atoms with E-state index in [2.05, 4.69) is 15.9 Å². The van der Waals surface area contributed by atoms with Crippen LogP contribution in [0, 0.1) is 5.82 Å². The molecule has 0 saturated carbocycles. The molecule has 0 atom stereocenters. The summed E-state index contributed by atoms with van der Waals surface area (Å²) in [5.74, 6) is -0.970. The highest BCUT2D eigenvalue weighted by Gasteiger charge is 2.19. The first kappa shape index (κ1) is 10.9. The van der Waals surface area contributed by atoms with Crippen molar-refractivity contribution in [3.63, 3.8) is 0 Å². The van der Waals surface area contributed by atoms with Gasteiger partial charge in [-0.2, -0.15) is 0 Å². The van der Waals surface area contributed by atoms with Gasteiger partial charge in [-0.15, -0.1) is 0 Å². The SMILES string of the molecule is NS(=O)(=O)c1c(F)cc(Br)cc1Cl. The van der Waals surface area contributed by atoms with Gasteiger partial charge in [0.25, 0.3) is 0 Å². The van der Waals surface area contributed by atoms with E-state index in [1.807, 2.05) is 0 Å². The first-order valence-electron chi connectivity index (χ1n) is 2.99. The van der Waals surface area contributed by atoms with E-state index in [1.165, 1.54) is 6.07 Å². The Labute approximate surface area is 87.9 Å². The fourth-order valence-corrected chi connectivity index (χ4v) is 2.55. The molecule has 0 unspecified atom stereocenters. The molecule has 0 saturated heterocycles. The van der Waals surface area contributed by atoms with Crippen LogP contribution in [0.15, 0.2) is 21.5 Å². The van der Waals surface area contributed by atoms with Crippen molar-refractivity contribution in [2.24, 2.45) is 5.14 Å². The van der Waals surface area contributed by atoms with E-state index in [-0.39, 0.29) is 5.02 Å². The van der Waals surface area contributed by atoms with Crippen molar-refractivity contribution in [2.45, 2.75) is 4.90 Å². The zero-order valence-corrected chi connectivity index (χ0v) is 9.25. The lowest BCUT2D eigenvalue weighted by Gasteiger charge is -2.03. The standard InChI is InChI=1S/C6H4BrClFNO2S/c7-3-1-4(8)6(5(9)2-3)13(10,11)12/h1-2H,(H2,10,11,12). The summed E-state index contributed by atoms with van der Waals surface area (Å²) < 4.78 is 35.0. The first-order valence-corrected chi connectivity index (χ1v) is 5.71. The second-order valence-corrected chi connectivity index (χ2v) is 5.06. The van der Waals surface area contributed by atoms with Crippen molar-refractivity contribution >= 4 is 37.6 Å². The van der Waals surface area contributed by atoms with Gasteiger partial charge in [-0.05, 0) is 12.1 Å². The number of nitrogens with two attached hydrogens (primary N) is 1. The van der Waals surface area contributed by atoms with Gasteiger partial charge in [-0.25, -0.2) is 17.9 Å². The van der Waals surface area contributed by atoms with Gasteiger partial charge >= 0.3 is 0 Å². The summed E-state index contributed by atoms with van der Waals surface area (Å²) in [6, 6.07) is 2.23. The summed E-state index contributed by atoms with van der Waals surface area (Å²) in [6.45, 7) is 0. The third-order valence-electron chi connectivity index (χ3n) is 1.25. The Kier molecular flexibility index (Phi) is 2.96. The highest BCUT2D eigenvalue weighted by molar-refractivity contribution is 9.10. The Morgan fingerprint density at radius 1 is 1.46 bits per heavy atom. The molecule has 72 valence electrons. The molecule has 1 aromatic rings. The number of halogens is 3. The summed E-state index contributed by atoms with van der Waals surface area (Å²) >= 11 is 8.44. The van der Waals surface area contributed by atoms with E-state index >= 15 is 0 Å². The number of rotatable bonds is 1. The number of hydrogen-bond donors (Lipinski definition) is 1. The highest BCUT2D eigenvalue weighted by Crippen LogP contribution is 2.27. The van der Waals surface area contributed by atoms with E-state index in [1.54, 1.807) is 0 Å². The molecule has 3 nitrogen and oxygen atoms in total. The molecule has 0 amide bonds. The van der Waals surface area contributed by atoms with E-state index in [0.717, 1.165) is 6.07 Å². The van der Waals surface area contributed by atoms with Crippen LogP contribution >= 0.6 is 27.5 Å². The molecule has 0 aromatic heterocycles. The summed E-state index contributed by atoms with van der Waals surface area (Å²) in [7, 11) is -4.11. The average molecular weight is 289 g/mol. The van der Waals surface area contributed by atoms with Gasteiger partial charge in [0, 0.05) is 4.47 Å². The fourth-order valence-electron chi connectivity index (χ4n) is 0.801. The van der Waals surface area contributed by atoms with E-state index < -0.39 is 20.7 Å². The predicted molar refractivity (Wildman–Crippen MR) is 50.5 cm³/mol. The van der Waals surface area contributed by atoms with Crippen LogP contribution in [0.2, 0.25) is 5.02 Å². The van der Waals surface area contributed by atoms with Crippen molar-refractivity contribution < 1.29 is 12.8 Å². The predicted octanol–water partition coefficient (Wildman–Crippen LogP) is 1.89. The largest absolute Gasteiger partial charge is 0.242 e. The quantitative estimate of drug-likeness (QED) is 0.858. The maximum absolute atomic E-state index is 13.0. The Balaban J connectivity index is 3.57. The minimum Gasteiger partial charge on any atom is -0.224 e. The van der Waals surface area contributed by atoms with Gasteiger partial charge in [0.05, 0.1) is 5.02 Å². The molecule has 0 aliphatic rings. The topological polar surface area (TPSA) is 60.2 Å². The van der Waals surface area contributed by atoms with Gasteiger partial charge in [0.2, 0.25) is 10.0 Å². The lowest BCUT2D eigenvalue weighted by Crippen LogP contribution is -2.14. The lowest BCUT2D eigenvalue weighted by molar-refractivity contribution is 0.568. The average Bonchev–Trinajstić information content (AvgIpc) is 1.78. The maximum Gasteiger partial charge on any atom is 0.242 e. The summed E-state index contributed by atoms with van der Waals surface area (Å²) in [6.07, 6.45) is 0. The van der Waals surface area contributed by atoms with Gasteiger partial charge in [-0.3, -0.25) is 0 Å². The lowest BCUT2D eigenvalue weighted by atomic mass is 10.3. The molecule has 0 radical (unpaired) electrons. The van der Waals surface area contributed by atoms with Crippen molar-refractivity contribution in [3.8, 4) is 0 Å². The molecule has 0 heterocycles. The van der Waals surface area contributed by atoms with Crippen LogP contribution in [0.25, 0.3) is 0 Å². The minimum atomic E-state index is -4.11. The Morgan fingerprint density at radius 2 is 2.00 bits per heavy atom. The summed E-state index contributed by atoms with van der Waals surface area (Å²) in [4.78, 5) is -0.683. The highest BCUT2D eigenvalue weighted by atomic mass is 79.9. The van der Waals surface area contributed by atoms with Crippen molar-refractivity contribution in [2.75, 3.05) is 0 Å². The first-order chi connectivity index (χ1) is 5.82. The normalized spacial score (nSPS) is 11.7. The van der Waals surface area contributed by atoms with Gasteiger partial charge in [0.15, 0.2) is 0 Å². The molecule has 0 aliphatic heterocycles. The summed E-state index contributed by atoms with van der Waals surface area (Å²) in [5.41, 5.74) is 0. The van der Waals surface area contributed by atoms with Crippen molar-refractivity contribution in [1.82, 2.24) is 0 Å². The monoisotopic (exact) mass is 287 g/mol.